The lowest BCUT2D eigenvalue weighted by atomic mass is 10.1. The highest BCUT2D eigenvalue weighted by Crippen LogP contribution is 2.27. The summed E-state index contributed by atoms with van der Waals surface area (Å²) < 4.78 is 5.17. The van der Waals surface area contributed by atoms with E-state index in [1.807, 2.05) is 27.0 Å². The second kappa shape index (κ2) is 7.20. The lowest BCUT2D eigenvalue weighted by Crippen LogP contribution is -2.42. The zero-order chi connectivity index (χ0) is 18.8. The van der Waals surface area contributed by atoms with E-state index in [0.29, 0.717) is 36.7 Å². The standard InChI is InChI=1S/C17H23N7O2/c1-10-8-24(13-6-7-18-15(21-13)11(2)25)9-23(4)14(10)16-19-12(3)20-17(22-16)26-5/h6-7,11,25H,8-9H2,1-5H3/t11-/m1/s1. The van der Waals surface area contributed by atoms with Gasteiger partial charge in [0.25, 0.3) is 0 Å². The number of aliphatic hydroxyl groups excluding tert-OH is 1. The molecular formula is C17H23N7O2. The Bertz CT molecular complexity index is 838. The molecule has 0 aromatic carbocycles. The van der Waals surface area contributed by atoms with Crippen molar-refractivity contribution >= 4 is 11.5 Å². The Kier molecular flexibility index (Phi) is 4.99. The van der Waals surface area contributed by atoms with Gasteiger partial charge in [-0.25, -0.2) is 15.0 Å². The van der Waals surface area contributed by atoms with Crippen LogP contribution in [0.4, 0.5) is 5.82 Å². The molecule has 1 aliphatic rings. The van der Waals surface area contributed by atoms with Gasteiger partial charge in [-0.1, -0.05) is 0 Å². The zero-order valence-corrected chi connectivity index (χ0v) is 15.6. The molecule has 1 N–H and O–H groups in total. The van der Waals surface area contributed by atoms with Crippen molar-refractivity contribution < 1.29 is 9.84 Å². The van der Waals surface area contributed by atoms with Gasteiger partial charge in [0.05, 0.1) is 19.5 Å². The van der Waals surface area contributed by atoms with Crippen LogP contribution >= 0.6 is 0 Å². The van der Waals surface area contributed by atoms with Gasteiger partial charge in [0.2, 0.25) is 0 Å². The zero-order valence-electron chi connectivity index (χ0n) is 15.6. The second-order valence-corrected chi connectivity index (χ2v) is 6.31. The molecule has 0 amide bonds. The minimum absolute atomic E-state index is 0.306. The summed E-state index contributed by atoms with van der Waals surface area (Å²) in [5.74, 6) is 2.39. The Hall–Kier alpha value is -2.81. The van der Waals surface area contributed by atoms with Gasteiger partial charge in [0.1, 0.15) is 17.7 Å². The summed E-state index contributed by atoms with van der Waals surface area (Å²) in [6.45, 7) is 6.79. The molecule has 0 unspecified atom stereocenters. The summed E-state index contributed by atoms with van der Waals surface area (Å²) in [7, 11) is 3.52. The van der Waals surface area contributed by atoms with Crippen LogP contribution in [0, 0.1) is 6.92 Å². The average Bonchev–Trinajstić information content (AvgIpc) is 2.60. The van der Waals surface area contributed by atoms with Crippen LogP contribution in [-0.4, -0.2) is 62.3 Å². The van der Waals surface area contributed by atoms with Crippen LogP contribution in [0.1, 0.15) is 37.4 Å². The van der Waals surface area contributed by atoms with Gasteiger partial charge in [0.15, 0.2) is 11.6 Å². The van der Waals surface area contributed by atoms with Crippen molar-refractivity contribution in [2.24, 2.45) is 0 Å². The number of anilines is 1. The van der Waals surface area contributed by atoms with Gasteiger partial charge >= 0.3 is 6.01 Å². The SMILES string of the molecule is COc1nc(C)nc(C2=C(C)CN(c3ccnc([C@@H](C)O)n3)CN2C)n1. The van der Waals surface area contributed by atoms with Crippen LogP contribution in [0.15, 0.2) is 17.8 Å². The predicted molar refractivity (Wildman–Crippen MR) is 96.4 cm³/mol. The Labute approximate surface area is 152 Å². The normalized spacial score (nSPS) is 16.1. The van der Waals surface area contributed by atoms with Crippen molar-refractivity contribution in [2.45, 2.75) is 26.9 Å². The van der Waals surface area contributed by atoms with Crippen molar-refractivity contribution in [1.82, 2.24) is 29.8 Å². The fourth-order valence-corrected chi connectivity index (χ4v) is 2.97. The summed E-state index contributed by atoms with van der Waals surface area (Å²) >= 11 is 0. The lowest BCUT2D eigenvalue weighted by molar-refractivity contribution is 0.189. The third kappa shape index (κ3) is 3.57. The topological polar surface area (TPSA) is 100 Å². The van der Waals surface area contributed by atoms with Gasteiger partial charge in [-0.05, 0) is 32.4 Å². The lowest BCUT2D eigenvalue weighted by Gasteiger charge is -2.37. The van der Waals surface area contributed by atoms with Crippen molar-refractivity contribution in [3.8, 4) is 6.01 Å². The molecule has 0 radical (unpaired) electrons. The number of aryl methyl sites for hydroxylation is 1. The van der Waals surface area contributed by atoms with E-state index >= 15 is 0 Å². The van der Waals surface area contributed by atoms with Crippen LogP contribution in [0.2, 0.25) is 0 Å². The first-order valence-electron chi connectivity index (χ1n) is 8.33. The molecule has 0 saturated carbocycles. The fraction of sp³-hybridized carbons (Fsp3) is 0.471. The number of hydrogen-bond donors (Lipinski definition) is 1. The molecular weight excluding hydrogens is 334 g/mol. The molecule has 0 aliphatic carbocycles. The molecule has 2 aromatic rings. The molecule has 1 atom stereocenters. The second-order valence-electron chi connectivity index (χ2n) is 6.31. The molecule has 0 spiro atoms. The van der Waals surface area contributed by atoms with Crippen molar-refractivity contribution in [2.75, 3.05) is 32.3 Å². The number of aromatic nitrogens is 5. The molecule has 2 aromatic heterocycles. The Balaban J connectivity index is 1.93. The number of methoxy groups -OCH3 is 1. The van der Waals surface area contributed by atoms with Crippen LogP contribution < -0.4 is 9.64 Å². The summed E-state index contributed by atoms with van der Waals surface area (Å²) in [5, 5.41) is 9.72. The van der Waals surface area contributed by atoms with E-state index in [1.165, 1.54) is 0 Å². The molecule has 0 saturated heterocycles. The average molecular weight is 357 g/mol. The monoisotopic (exact) mass is 357 g/mol. The fourth-order valence-electron chi connectivity index (χ4n) is 2.97. The van der Waals surface area contributed by atoms with Crippen LogP contribution in [0.25, 0.3) is 5.70 Å². The minimum atomic E-state index is -0.703. The van der Waals surface area contributed by atoms with E-state index in [2.05, 4.69) is 34.7 Å². The van der Waals surface area contributed by atoms with Gasteiger partial charge in [-0.15, -0.1) is 0 Å². The quantitative estimate of drug-likeness (QED) is 0.864. The summed E-state index contributed by atoms with van der Waals surface area (Å²) in [6.07, 6.45) is 0.962. The number of nitrogens with zero attached hydrogens (tertiary/aromatic N) is 7. The highest BCUT2D eigenvalue weighted by Gasteiger charge is 2.25. The van der Waals surface area contributed by atoms with E-state index in [0.717, 1.165) is 17.1 Å². The Morgan fingerprint density at radius 2 is 1.96 bits per heavy atom. The maximum atomic E-state index is 9.72. The van der Waals surface area contributed by atoms with Gasteiger partial charge in [-0.2, -0.15) is 9.97 Å². The first-order valence-corrected chi connectivity index (χ1v) is 8.33. The third-order valence-electron chi connectivity index (χ3n) is 4.08. The van der Waals surface area contributed by atoms with Gasteiger partial charge in [-0.3, -0.25) is 0 Å². The van der Waals surface area contributed by atoms with Crippen molar-refractivity contribution in [3.63, 3.8) is 0 Å². The maximum absolute atomic E-state index is 9.72. The molecule has 0 bridgehead atoms. The number of hydrogen-bond acceptors (Lipinski definition) is 9. The maximum Gasteiger partial charge on any atom is 0.319 e. The molecule has 0 fully saturated rings. The van der Waals surface area contributed by atoms with Gasteiger partial charge < -0.3 is 19.6 Å². The van der Waals surface area contributed by atoms with Crippen LogP contribution in [0.5, 0.6) is 6.01 Å². The van der Waals surface area contributed by atoms with E-state index < -0.39 is 6.10 Å². The first kappa shape index (κ1) is 18.0. The summed E-state index contributed by atoms with van der Waals surface area (Å²) in [4.78, 5) is 25.7. The highest BCUT2D eigenvalue weighted by molar-refractivity contribution is 5.65. The van der Waals surface area contributed by atoms with E-state index in [4.69, 9.17) is 4.74 Å². The van der Waals surface area contributed by atoms with Crippen molar-refractivity contribution in [3.05, 3.63) is 35.3 Å². The largest absolute Gasteiger partial charge is 0.467 e. The highest BCUT2D eigenvalue weighted by atomic mass is 16.5. The van der Waals surface area contributed by atoms with Crippen LogP contribution in [0.3, 0.4) is 0 Å². The molecule has 9 nitrogen and oxygen atoms in total. The number of rotatable bonds is 4. The Morgan fingerprint density at radius 3 is 2.62 bits per heavy atom. The molecule has 3 heterocycles. The Morgan fingerprint density at radius 1 is 1.19 bits per heavy atom. The smallest absolute Gasteiger partial charge is 0.319 e. The molecule has 138 valence electrons. The van der Waals surface area contributed by atoms with Gasteiger partial charge in [0, 0.05) is 19.8 Å². The third-order valence-corrected chi connectivity index (χ3v) is 4.08. The number of aliphatic hydroxyl groups is 1. The van der Waals surface area contributed by atoms with E-state index in [-0.39, 0.29) is 0 Å². The van der Waals surface area contributed by atoms with E-state index in [9.17, 15) is 5.11 Å². The van der Waals surface area contributed by atoms with Crippen LogP contribution in [-0.2, 0) is 0 Å². The van der Waals surface area contributed by atoms with Crippen molar-refractivity contribution in [1.29, 1.82) is 0 Å². The summed E-state index contributed by atoms with van der Waals surface area (Å²) in [6, 6.07) is 2.15. The predicted octanol–water partition coefficient (Wildman–Crippen LogP) is 1.17. The summed E-state index contributed by atoms with van der Waals surface area (Å²) in [5.41, 5.74) is 2.05. The molecule has 26 heavy (non-hydrogen) atoms. The number of ether oxygens (including phenoxy) is 1. The minimum Gasteiger partial charge on any atom is -0.467 e. The molecule has 9 heteroatoms. The van der Waals surface area contributed by atoms with E-state index in [1.54, 1.807) is 20.2 Å². The first-order chi connectivity index (χ1) is 12.4. The molecule has 3 rings (SSSR count). The molecule has 1 aliphatic heterocycles.